The molecule has 102 valence electrons. The van der Waals surface area contributed by atoms with Crippen molar-refractivity contribution in [3.8, 4) is 0 Å². The molecule has 5 heteroatoms. The Morgan fingerprint density at radius 2 is 2.28 bits per heavy atom. The molecule has 0 saturated carbocycles. The van der Waals surface area contributed by atoms with Crippen molar-refractivity contribution in [3.63, 3.8) is 0 Å². The van der Waals surface area contributed by atoms with E-state index in [9.17, 15) is 4.79 Å². The monoisotopic (exact) mass is 333 g/mol. The summed E-state index contributed by atoms with van der Waals surface area (Å²) < 4.78 is 1.14. The first-order chi connectivity index (χ1) is 8.58. The second kappa shape index (κ2) is 8.67. The molecule has 0 aromatic carbocycles. The molecule has 1 aromatic heterocycles. The van der Waals surface area contributed by atoms with E-state index in [2.05, 4.69) is 27.3 Å². The van der Waals surface area contributed by atoms with E-state index in [0.717, 1.165) is 29.5 Å². The van der Waals surface area contributed by atoms with Crippen molar-refractivity contribution < 1.29 is 9.90 Å². The molecule has 0 radical (unpaired) electrons. The van der Waals surface area contributed by atoms with Gasteiger partial charge in [-0.2, -0.15) is 0 Å². The summed E-state index contributed by atoms with van der Waals surface area (Å²) in [4.78, 5) is 12.8. The van der Waals surface area contributed by atoms with Gasteiger partial charge in [0.2, 0.25) is 5.91 Å². The van der Waals surface area contributed by atoms with Gasteiger partial charge in [-0.25, -0.2) is 0 Å². The number of aliphatic hydroxyl groups excluding tert-OH is 1. The average molecular weight is 334 g/mol. The van der Waals surface area contributed by atoms with Gasteiger partial charge in [0.15, 0.2) is 0 Å². The van der Waals surface area contributed by atoms with Gasteiger partial charge in [0.1, 0.15) is 0 Å². The summed E-state index contributed by atoms with van der Waals surface area (Å²) in [7, 11) is 0. The Bertz CT molecular complexity index is 366. The SMILES string of the molecule is CC(O)CCCNC(=O)CCCc1ccc(Br)s1. The lowest BCUT2D eigenvalue weighted by atomic mass is 10.2. The minimum atomic E-state index is -0.279. The Labute approximate surface area is 121 Å². The fourth-order valence-electron chi connectivity index (χ4n) is 1.62. The topological polar surface area (TPSA) is 49.3 Å². The number of aryl methyl sites for hydroxylation is 1. The molecule has 0 aliphatic rings. The van der Waals surface area contributed by atoms with Crippen LogP contribution in [0.15, 0.2) is 15.9 Å². The molecular formula is C13H20BrNO2S. The number of carbonyl (C=O) groups excluding carboxylic acids is 1. The lowest BCUT2D eigenvalue weighted by Gasteiger charge is -2.06. The number of aliphatic hydroxyl groups is 1. The molecule has 1 rings (SSSR count). The Morgan fingerprint density at radius 3 is 2.89 bits per heavy atom. The number of hydrogen-bond donors (Lipinski definition) is 2. The zero-order valence-electron chi connectivity index (χ0n) is 10.6. The predicted molar refractivity (Wildman–Crippen MR) is 78.9 cm³/mol. The van der Waals surface area contributed by atoms with Crippen molar-refractivity contribution in [1.29, 1.82) is 0 Å². The van der Waals surface area contributed by atoms with Crippen LogP contribution in [0.1, 0.15) is 37.5 Å². The predicted octanol–water partition coefficient (Wildman–Crippen LogP) is 3.11. The maximum atomic E-state index is 11.5. The van der Waals surface area contributed by atoms with Crippen molar-refractivity contribution in [1.82, 2.24) is 5.32 Å². The first-order valence-corrected chi connectivity index (χ1v) is 7.88. The largest absolute Gasteiger partial charge is 0.393 e. The quantitative estimate of drug-likeness (QED) is 0.718. The van der Waals surface area contributed by atoms with Crippen molar-refractivity contribution in [3.05, 3.63) is 20.8 Å². The van der Waals surface area contributed by atoms with Gasteiger partial charge in [0, 0.05) is 17.8 Å². The summed E-state index contributed by atoms with van der Waals surface area (Å²) in [5.41, 5.74) is 0. The Morgan fingerprint density at radius 1 is 1.50 bits per heavy atom. The highest BCUT2D eigenvalue weighted by molar-refractivity contribution is 9.11. The third-order valence-electron chi connectivity index (χ3n) is 2.58. The fraction of sp³-hybridized carbons (Fsp3) is 0.615. The first-order valence-electron chi connectivity index (χ1n) is 6.27. The van der Waals surface area contributed by atoms with Crippen LogP contribution in [0.2, 0.25) is 0 Å². The van der Waals surface area contributed by atoms with E-state index >= 15 is 0 Å². The Balaban J connectivity index is 2.03. The molecule has 0 aliphatic carbocycles. The number of rotatable bonds is 8. The second-order valence-corrected chi connectivity index (χ2v) is 6.95. The number of thiophene rings is 1. The van der Waals surface area contributed by atoms with E-state index in [1.54, 1.807) is 18.3 Å². The lowest BCUT2D eigenvalue weighted by molar-refractivity contribution is -0.121. The highest BCUT2D eigenvalue weighted by Crippen LogP contribution is 2.23. The van der Waals surface area contributed by atoms with Gasteiger partial charge < -0.3 is 10.4 Å². The Hall–Kier alpha value is -0.390. The molecule has 0 saturated heterocycles. The molecule has 1 aromatic rings. The normalized spacial score (nSPS) is 12.4. The average Bonchev–Trinajstić information content (AvgIpc) is 2.70. The summed E-state index contributed by atoms with van der Waals surface area (Å²) >= 11 is 5.15. The number of amides is 1. The number of nitrogens with one attached hydrogen (secondary N) is 1. The molecule has 0 fully saturated rings. The molecule has 18 heavy (non-hydrogen) atoms. The second-order valence-electron chi connectivity index (χ2n) is 4.40. The number of carbonyl (C=O) groups is 1. The first kappa shape index (κ1) is 15.7. The molecule has 1 amide bonds. The molecular weight excluding hydrogens is 314 g/mol. The van der Waals surface area contributed by atoms with Crippen LogP contribution in [0.5, 0.6) is 0 Å². The van der Waals surface area contributed by atoms with E-state index in [4.69, 9.17) is 5.11 Å². The number of halogens is 1. The van der Waals surface area contributed by atoms with Crippen LogP contribution in [-0.4, -0.2) is 23.7 Å². The van der Waals surface area contributed by atoms with Crippen molar-refractivity contribution in [2.75, 3.05) is 6.54 Å². The van der Waals surface area contributed by atoms with Gasteiger partial charge in [-0.05, 0) is 60.7 Å². The van der Waals surface area contributed by atoms with E-state index in [1.807, 2.05) is 6.07 Å². The molecule has 2 N–H and O–H groups in total. The number of hydrogen-bond acceptors (Lipinski definition) is 3. The van der Waals surface area contributed by atoms with Crippen LogP contribution in [0.3, 0.4) is 0 Å². The van der Waals surface area contributed by atoms with Gasteiger partial charge in [-0.3, -0.25) is 4.79 Å². The van der Waals surface area contributed by atoms with Crippen molar-refractivity contribution >= 4 is 33.2 Å². The van der Waals surface area contributed by atoms with Crippen LogP contribution >= 0.6 is 27.3 Å². The van der Waals surface area contributed by atoms with Gasteiger partial charge >= 0.3 is 0 Å². The van der Waals surface area contributed by atoms with Crippen molar-refractivity contribution in [2.45, 2.75) is 45.1 Å². The summed E-state index contributed by atoms with van der Waals surface area (Å²) in [5.74, 6) is 0.108. The zero-order chi connectivity index (χ0) is 13.4. The molecule has 0 aliphatic heterocycles. The standard InChI is InChI=1S/C13H20BrNO2S/c1-10(16)4-3-9-15-13(17)6-2-5-11-7-8-12(14)18-11/h7-8,10,16H,2-6,9H2,1H3,(H,15,17). The zero-order valence-corrected chi connectivity index (χ0v) is 13.0. The summed E-state index contributed by atoms with van der Waals surface area (Å²) in [6.07, 6.45) is 3.71. The molecule has 3 nitrogen and oxygen atoms in total. The maximum absolute atomic E-state index is 11.5. The third-order valence-corrected chi connectivity index (χ3v) is 4.26. The van der Waals surface area contributed by atoms with Gasteiger partial charge in [0.25, 0.3) is 0 Å². The summed E-state index contributed by atoms with van der Waals surface area (Å²) in [6, 6.07) is 4.13. The van der Waals surface area contributed by atoms with Crippen LogP contribution in [0.4, 0.5) is 0 Å². The van der Waals surface area contributed by atoms with Crippen LogP contribution in [0, 0.1) is 0 Å². The molecule has 1 heterocycles. The van der Waals surface area contributed by atoms with E-state index in [0.29, 0.717) is 13.0 Å². The maximum Gasteiger partial charge on any atom is 0.220 e. The van der Waals surface area contributed by atoms with Crippen LogP contribution in [-0.2, 0) is 11.2 Å². The highest BCUT2D eigenvalue weighted by Gasteiger charge is 2.03. The van der Waals surface area contributed by atoms with Crippen molar-refractivity contribution in [2.24, 2.45) is 0 Å². The molecule has 0 spiro atoms. The third kappa shape index (κ3) is 7.13. The smallest absolute Gasteiger partial charge is 0.220 e. The van der Waals surface area contributed by atoms with Gasteiger partial charge in [-0.1, -0.05) is 0 Å². The summed E-state index contributed by atoms with van der Waals surface area (Å²) in [6.45, 7) is 2.43. The fourth-order valence-corrected chi connectivity index (χ4v) is 3.15. The lowest BCUT2D eigenvalue weighted by Crippen LogP contribution is -2.24. The minimum absolute atomic E-state index is 0.108. The Kier molecular flexibility index (Phi) is 7.54. The molecule has 1 unspecified atom stereocenters. The summed E-state index contributed by atoms with van der Waals surface area (Å²) in [5, 5.41) is 11.9. The van der Waals surface area contributed by atoms with E-state index in [1.165, 1.54) is 4.88 Å². The molecule has 1 atom stereocenters. The molecule has 0 bridgehead atoms. The minimum Gasteiger partial charge on any atom is -0.393 e. The van der Waals surface area contributed by atoms with Crippen LogP contribution in [0.25, 0.3) is 0 Å². The van der Waals surface area contributed by atoms with Crippen LogP contribution < -0.4 is 5.32 Å². The van der Waals surface area contributed by atoms with Gasteiger partial charge in [0.05, 0.1) is 9.89 Å². The van der Waals surface area contributed by atoms with Gasteiger partial charge in [-0.15, -0.1) is 11.3 Å². The highest BCUT2D eigenvalue weighted by atomic mass is 79.9. The van der Waals surface area contributed by atoms with E-state index < -0.39 is 0 Å². The van der Waals surface area contributed by atoms with E-state index in [-0.39, 0.29) is 12.0 Å².